The van der Waals surface area contributed by atoms with Crippen molar-refractivity contribution < 1.29 is 24.4 Å². The fourth-order valence-electron chi connectivity index (χ4n) is 6.26. The number of amides is 2. The summed E-state index contributed by atoms with van der Waals surface area (Å²) in [5, 5.41) is 22.1. The van der Waals surface area contributed by atoms with Gasteiger partial charge in [0.1, 0.15) is 5.69 Å². The number of nitro benzene ring substituents is 1. The Hall–Kier alpha value is -5.29. The highest BCUT2D eigenvalue weighted by Gasteiger charge is 2.32. The lowest BCUT2D eigenvalue weighted by Gasteiger charge is -2.37. The summed E-state index contributed by atoms with van der Waals surface area (Å²) in [6, 6.07) is 23.4. The molecule has 3 heterocycles. The minimum atomic E-state index is -1.04. The van der Waals surface area contributed by atoms with Crippen LogP contribution in [0.5, 0.6) is 0 Å². The number of benzene rings is 3. The Morgan fingerprint density at radius 2 is 1.74 bits per heavy atom. The summed E-state index contributed by atoms with van der Waals surface area (Å²) < 4.78 is 5.44. The number of morpholine rings is 1. The van der Waals surface area contributed by atoms with Crippen LogP contribution >= 0.6 is 0 Å². The predicted octanol–water partition coefficient (Wildman–Crippen LogP) is 5.69. The average molecular weight is 622 g/mol. The zero-order valence-corrected chi connectivity index (χ0v) is 25.3. The van der Waals surface area contributed by atoms with Gasteiger partial charge in [-0.1, -0.05) is 54.6 Å². The van der Waals surface area contributed by atoms with Crippen molar-refractivity contribution in [3.8, 4) is 11.1 Å². The van der Waals surface area contributed by atoms with E-state index in [1.54, 1.807) is 40.4 Å². The van der Waals surface area contributed by atoms with Gasteiger partial charge >= 0.3 is 12.0 Å². The molecule has 2 aliphatic heterocycles. The number of carbonyl (C=O) groups excluding carboxylic acids is 1. The van der Waals surface area contributed by atoms with Crippen LogP contribution in [-0.2, 0) is 29.0 Å². The van der Waals surface area contributed by atoms with Gasteiger partial charge < -0.3 is 24.5 Å². The molecule has 236 valence electrons. The molecule has 3 aromatic carbocycles. The van der Waals surface area contributed by atoms with E-state index in [-0.39, 0.29) is 29.6 Å². The van der Waals surface area contributed by atoms with Gasteiger partial charge in [0, 0.05) is 51.2 Å². The number of aliphatic carboxylic acids is 1. The molecule has 2 amide bonds. The minimum absolute atomic E-state index is 0.0319. The first-order valence-electron chi connectivity index (χ1n) is 15.3. The summed E-state index contributed by atoms with van der Waals surface area (Å²) in [7, 11) is 0. The smallest absolute Gasteiger partial charge is 0.320 e. The molecule has 2 aliphatic rings. The first-order valence-corrected chi connectivity index (χ1v) is 15.3. The first kappa shape index (κ1) is 30.7. The summed E-state index contributed by atoms with van der Waals surface area (Å²) in [4.78, 5) is 47.4. The lowest BCUT2D eigenvalue weighted by Crippen LogP contribution is -2.49. The molecular formula is C35H35N5O6. The maximum atomic E-state index is 13.9. The fourth-order valence-corrected chi connectivity index (χ4v) is 6.26. The van der Waals surface area contributed by atoms with E-state index < -0.39 is 12.0 Å². The third-order valence-corrected chi connectivity index (χ3v) is 8.60. The van der Waals surface area contributed by atoms with Gasteiger partial charge in [0.05, 0.1) is 30.6 Å². The number of anilines is 1. The number of rotatable bonds is 9. The average Bonchev–Trinajstić information content (AvgIpc) is 3.09. The monoisotopic (exact) mass is 621 g/mol. The molecule has 1 aromatic heterocycles. The second-order valence-corrected chi connectivity index (χ2v) is 11.5. The molecule has 0 radical (unpaired) electrons. The molecule has 1 atom stereocenters. The van der Waals surface area contributed by atoms with Gasteiger partial charge in [0.15, 0.2) is 0 Å². The molecule has 0 spiro atoms. The van der Waals surface area contributed by atoms with Crippen LogP contribution in [0.15, 0.2) is 91.3 Å². The minimum Gasteiger partial charge on any atom is -0.481 e. The number of carbonyl (C=O) groups is 2. The van der Waals surface area contributed by atoms with Crippen molar-refractivity contribution >= 4 is 23.4 Å². The highest BCUT2D eigenvalue weighted by molar-refractivity contribution is 5.78. The van der Waals surface area contributed by atoms with E-state index in [9.17, 15) is 24.8 Å². The standard InChI is InChI=1S/C35H35N5O6/c41-34(42)21-32(29-9-4-13-36-22-29)39(35(43)37-15-17-46-18-16-37)23-25-5-3-8-27(19-25)28-10-11-31(33(20-28)40(44)45)38-14-12-26-6-1-2-7-30(26)24-38/h1-11,13,19-20,22,32H,12,14-18,21,23-24H2,(H,41,42). The van der Waals surface area contributed by atoms with E-state index in [0.717, 1.165) is 17.5 Å². The van der Waals surface area contributed by atoms with Crippen molar-refractivity contribution in [2.24, 2.45) is 0 Å². The molecule has 1 unspecified atom stereocenters. The van der Waals surface area contributed by atoms with Gasteiger partial charge in [-0.2, -0.15) is 0 Å². The third-order valence-electron chi connectivity index (χ3n) is 8.60. The topological polar surface area (TPSA) is 129 Å². The SMILES string of the molecule is O=C(O)CC(c1cccnc1)N(Cc1cccc(-c2ccc(N3CCc4ccccc4C3)c([N+](=O)[O-])c2)c1)C(=O)N1CCOCC1. The Bertz CT molecular complexity index is 1730. The number of nitrogens with zero attached hydrogens (tertiary/aromatic N) is 5. The van der Waals surface area contributed by atoms with E-state index in [1.807, 2.05) is 48.5 Å². The van der Waals surface area contributed by atoms with Crippen molar-refractivity contribution in [3.05, 3.63) is 124 Å². The third kappa shape index (κ3) is 6.84. The molecule has 0 bridgehead atoms. The molecule has 11 heteroatoms. The number of carboxylic acid groups (broad SMARTS) is 1. The zero-order chi connectivity index (χ0) is 32.0. The number of hydrogen-bond donors (Lipinski definition) is 1. The Kier molecular flexibility index (Phi) is 9.20. The van der Waals surface area contributed by atoms with Crippen LogP contribution in [0, 0.1) is 10.1 Å². The maximum Gasteiger partial charge on any atom is 0.320 e. The van der Waals surface area contributed by atoms with Crippen LogP contribution in [-0.4, -0.2) is 69.7 Å². The predicted molar refractivity (Wildman–Crippen MR) is 172 cm³/mol. The molecule has 0 aliphatic carbocycles. The number of aromatic nitrogens is 1. The number of nitro groups is 1. The fraction of sp³-hybridized carbons (Fsp3) is 0.286. The molecule has 46 heavy (non-hydrogen) atoms. The van der Waals surface area contributed by atoms with Crippen LogP contribution in [0.4, 0.5) is 16.2 Å². The molecule has 6 rings (SSSR count). The number of urea groups is 1. The van der Waals surface area contributed by atoms with Crippen LogP contribution < -0.4 is 4.90 Å². The summed E-state index contributed by atoms with van der Waals surface area (Å²) >= 11 is 0. The van der Waals surface area contributed by atoms with Gasteiger partial charge in [-0.25, -0.2) is 4.79 Å². The van der Waals surface area contributed by atoms with Crippen molar-refractivity contribution in [2.45, 2.75) is 32.0 Å². The highest BCUT2D eigenvalue weighted by atomic mass is 16.6. The largest absolute Gasteiger partial charge is 0.481 e. The van der Waals surface area contributed by atoms with E-state index in [2.05, 4.69) is 22.0 Å². The summed E-state index contributed by atoms with van der Waals surface area (Å²) in [5.41, 5.74) is 5.86. The number of pyridine rings is 1. The molecule has 1 fully saturated rings. The van der Waals surface area contributed by atoms with Crippen LogP contribution in [0.3, 0.4) is 0 Å². The first-order chi connectivity index (χ1) is 22.4. The van der Waals surface area contributed by atoms with Crippen LogP contribution in [0.1, 0.15) is 34.7 Å². The lowest BCUT2D eigenvalue weighted by atomic mass is 9.97. The Morgan fingerprint density at radius 1 is 0.957 bits per heavy atom. The summed E-state index contributed by atoms with van der Waals surface area (Å²) in [6.07, 6.45) is 3.72. The van der Waals surface area contributed by atoms with Crippen LogP contribution in [0.25, 0.3) is 11.1 Å². The highest BCUT2D eigenvalue weighted by Crippen LogP contribution is 2.36. The van der Waals surface area contributed by atoms with Crippen molar-refractivity contribution in [2.75, 3.05) is 37.7 Å². The van der Waals surface area contributed by atoms with Crippen LogP contribution in [0.2, 0.25) is 0 Å². The number of fused-ring (bicyclic) bond motifs is 1. The Balaban J connectivity index is 1.31. The Morgan fingerprint density at radius 3 is 2.48 bits per heavy atom. The van der Waals surface area contributed by atoms with Gasteiger partial charge in [0.2, 0.25) is 0 Å². The Labute approximate surface area is 266 Å². The quantitative estimate of drug-likeness (QED) is 0.186. The van der Waals surface area contributed by atoms with Gasteiger partial charge in [-0.05, 0) is 58.0 Å². The van der Waals surface area contributed by atoms with E-state index in [1.165, 1.54) is 11.1 Å². The summed E-state index contributed by atoms with van der Waals surface area (Å²) in [5.74, 6) is -1.04. The van der Waals surface area contributed by atoms with E-state index >= 15 is 0 Å². The molecular weight excluding hydrogens is 586 g/mol. The summed E-state index contributed by atoms with van der Waals surface area (Å²) in [6.45, 7) is 3.04. The normalized spacial score (nSPS) is 15.1. The van der Waals surface area contributed by atoms with E-state index in [0.29, 0.717) is 56.2 Å². The molecule has 0 saturated carbocycles. The zero-order valence-electron chi connectivity index (χ0n) is 25.3. The molecule has 4 aromatic rings. The molecule has 1 saturated heterocycles. The second-order valence-electron chi connectivity index (χ2n) is 11.5. The van der Waals surface area contributed by atoms with Gasteiger partial charge in [-0.3, -0.25) is 19.9 Å². The second kappa shape index (κ2) is 13.8. The van der Waals surface area contributed by atoms with Gasteiger partial charge in [0.25, 0.3) is 5.69 Å². The number of carboxylic acids is 1. The van der Waals surface area contributed by atoms with Crippen molar-refractivity contribution in [3.63, 3.8) is 0 Å². The van der Waals surface area contributed by atoms with E-state index in [4.69, 9.17) is 4.74 Å². The van der Waals surface area contributed by atoms with Crippen molar-refractivity contribution in [1.82, 2.24) is 14.8 Å². The molecule has 1 N–H and O–H groups in total. The number of ether oxygens (including phenoxy) is 1. The maximum absolute atomic E-state index is 13.9. The number of hydrogen-bond acceptors (Lipinski definition) is 7. The molecule has 11 nitrogen and oxygen atoms in total. The van der Waals surface area contributed by atoms with Crippen molar-refractivity contribution in [1.29, 1.82) is 0 Å². The lowest BCUT2D eigenvalue weighted by molar-refractivity contribution is -0.384. The van der Waals surface area contributed by atoms with Gasteiger partial charge in [-0.15, -0.1) is 0 Å².